The molecule has 2 atom stereocenters. The van der Waals surface area contributed by atoms with Crippen molar-refractivity contribution in [2.75, 3.05) is 18.0 Å². The topological polar surface area (TPSA) is 67.9 Å². The Morgan fingerprint density at radius 3 is 2.60 bits per heavy atom. The van der Waals surface area contributed by atoms with Crippen molar-refractivity contribution in [3.63, 3.8) is 0 Å². The van der Waals surface area contributed by atoms with Crippen molar-refractivity contribution in [2.24, 2.45) is 11.8 Å². The van der Waals surface area contributed by atoms with Crippen LogP contribution in [0, 0.1) is 11.8 Å². The van der Waals surface area contributed by atoms with E-state index in [0.29, 0.717) is 17.6 Å². The summed E-state index contributed by atoms with van der Waals surface area (Å²) < 4.78 is 5.61. The molecule has 1 aliphatic heterocycles. The first-order valence-corrected chi connectivity index (χ1v) is 8.63. The van der Waals surface area contributed by atoms with Crippen LogP contribution in [0.1, 0.15) is 20.3 Å². The average molecular weight is 335 g/mol. The summed E-state index contributed by atoms with van der Waals surface area (Å²) in [7, 11) is 0. The highest BCUT2D eigenvalue weighted by Crippen LogP contribution is 2.31. The number of rotatable bonds is 3. The maximum Gasteiger partial charge on any atom is 0.226 e. The molecule has 0 saturated carbocycles. The molecule has 0 unspecified atom stereocenters. The van der Waals surface area contributed by atoms with E-state index >= 15 is 0 Å². The van der Waals surface area contributed by atoms with Gasteiger partial charge in [-0.05, 0) is 30.4 Å². The molecule has 1 fully saturated rings. The first kappa shape index (κ1) is 15.7. The smallest absolute Gasteiger partial charge is 0.226 e. The second-order valence-electron chi connectivity index (χ2n) is 6.85. The summed E-state index contributed by atoms with van der Waals surface area (Å²) in [6, 6.07) is 3.77. The summed E-state index contributed by atoms with van der Waals surface area (Å²) >= 11 is 0. The minimum absolute atomic E-state index is 0.638. The average Bonchev–Trinajstić information content (AvgIpc) is 3.16. The Labute approximate surface area is 147 Å². The maximum atomic E-state index is 5.61. The van der Waals surface area contributed by atoms with Gasteiger partial charge >= 0.3 is 0 Å². The van der Waals surface area contributed by atoms with Crippen molar-refractivity contribution in [1.29, 1.82) is 0 Å². The van der Waals surface area contributed by atoms with Crippen LogP contribution in [0.3, 0.4) is 0 Å². The Bertz CT molecular complexity index is 824. The lowest BCUT2D eigenvalue weighted by Crippen LogP contribution is -2.39. The van der Waals surface area contributed by atoms with E-state index in [9.17, 15) is 0 Å². The summed E-state index contributed by atoms with van der Waals surface area (Å²) in [6.07, 6.45) is 9.77. The van der Waals surface area contributed by atoms with E-state index in [1.54, 1.807) is 24.9 Å². The fourth-order valence-electron chi connectivity index (χ4n) is 3.58. The predicted octanol–water partition coefficient (Wildman–Crippen LogP) is 3.68. The molecule has 3 aromatic heterocycles. The Kier molecular flexibility index (Phi) is 4.17. The number of furan rings is 1. The summed E-state index contributed by atoms with van der Waals surface area (Å²) in [6.45, 7) is 6.52. The minimum Gasteiger partial charge on any atom is -0.463 e. The van der Waals surface area contributed by atoms with Crippen LogP contribution in [0.2, 0.25) is 0 Å². The van der Waals surface area contributed by atoms with Gasteiger partial charge in [0.25, 0.3) is 0 Å². The molecular formula is C19H21N5O. The second-order valence-corrected chi connectivity index (χ2v) is 6.85. The Balaban J connectivity index is 1.78. The monoisotopic (exact) mass is 335 g/mol. The summed E-state index contributed by atoms with van der Waals surface area (Å²) in [4.78, 5) is 20.3. The number of piperidine rings is 1. The Morgan fingerprint density at radius 2 is 1.92 bits per heavy atom. The van der Waals surface area contributed by atoms with Gasteiger partial charge in [0.05, 0.1) is 18.2 Å². The molecule has 25 heavy (non-hydrogen) atoms. The van der Waals surface area contributed by atoms with Gasteiger partial charge in [-0.2, -0.15) is 0 Å². The number of hydrogen-bond donors (Lipinski definition) is 0. The minimum atomic E-state index is 0.638. The fraction of sp³-hybridized carbons (Fsp3) is 0.368. The van der Waals surface area contributed by atoms with E-state index in [4.69, 9.17) is 9.40 Å². The Morgan fingerprint density at radius 1 is 1.08 bits per heavy atom. The normalized spacial score (nSPS) is 20.6. The van der Waals surface area contributed by atoms with Crippen molar-refractivity contribution in [2.45, 2.75) is 20.3 Å². The summed E-state index contributed by atoms with van der Waals surface area (Å²) in [5, 5.41) is 0. The molecule has 1 saturated heterocycles. The van der Waals surface area contributed by atoms with Crippen molar-refractivity contribution in [3.05, 3.63) is 43.2 Å². The van der Waals surface area contributed by atoms with Crippen molar-refractivity contribution in [1.82, 2.24) is 19.9 Å². The summed E-state index contributed by atoms with van der Waals surface area (Å²) in [5.41, 5.74) is 2.31. The fourth-order valence-corrected chi connectivity index (χ4v) is 3.58. The van der Waals surface area contributed by atoms with Crippen LogP contribution in [-0.4, -0.2) is 33.0 Å². The van der Waals surface area contributed by atoms with Crippen molar-refractivity contribution in [3.8, 4) is 22.7 Å². The van der Waals surface area contributed by atoms with Crippen LogP contribution in [0.4, 0.5) is 5.95 Å². The molecule has 6 heteroatoms. The third kappa shape index (κ3) is 3.24. The van der Waals surface area contributed by atoms with Crippen LogP contribution < -0.4 is 4.90 Å². The van der Waals surface area contributed by atoms with Gasteiger partial charge in [-0.25, -0.2) is 9.97 Å². The Hall–Kier alpha value is -2.76. The van der Waals surface area contributed by atoms with Gasteiger partial charge in [0.2, 0.25) is 5.95 Å². The highest BCUT2D eigenvalue weighted by atomic mass is 16.3. The molecule has 6 nitrogen and oxygen atoms in total. The molecule has 3 aromatic rings. The van der Waals surface area contributed by atoms with E-state index in [1.807, 2.05) is 18.3 Å². The highest BCUT2D eigenvalue weighted by Gasteiger charge is 2.25. The largest absolute Gasteiger partial charge is 0.463 e. The predicted molar refractivity (Wildman–Crippen MR) is 95.9 cm³/mol. The van der Waals surface area contributed by atoms with Gasteiger partial charge in [0, 0.05) is 37.2 Å². The third-order valence-corrected chi connectivity index (χ3v) is 4.52. The molecule has 0 radical (unpaired) electrons. The van der Waals surface area contributed by atoms with Gasteiger partial charge in [-0.1, -0.05) is 13.8 Å². The van der Waals surface area contributed by atoms with Crippen molar-refractivity contribution >= 4 is 5.95 Å². The van der Waals surface area contributed by atoms with Gasteiger partial charge in [0.1, 0.15) is 5.69 Å². The molecule has 0 spiro atoms. The second kappa shape index (κ2) is 6.63. The van der Waals surface area contributed by atoms with E-state index in [-0.39, 0.29) is 0 Å². The van der Waals surface area contributed by atoms with E-state index in [0.717, 1.165) is 36.0 Å². The van der Waals surface area contributed by atoms with Gasteiger partial charge < -0.3 is 9.32 Å². The van der Waals surface area contributed by atoms with Gasteiger partial charge in [-0.3, -0.25) is 9.97 Å². The van der Waals surface area contributed by atoms with E-state index in [1.165, 1.54) is 6.42 Å². The molecule has 4 heterocycles. The lowest BCUT2D eigenvalue weighted by atomic mass is 9.92. The quantitative estimate of drug-likeness (QED) is 0.727. The van der Waals surface area contributed by atoms with E-state index < -0.39 is 0 Å². The van der Waals surface area contributed by atoms with Gasteiger partial charge in [0.15, 0.2) is 5.76 Å². The maximum absolute atomic E-state index is 5.61. The van der Waals surface area contributed by atoms with Gasteiger partial charge in [-0.15, -0.1) is 0 Å². The molecular weight excluding hydrogens is 314 g/mol. The number of nitrogens with zero attached hydrogens (tertiary/aromatic N) is 5. The number of hydrogen-bond acceptors (Lipinski definition) is 6. The first-order valence-electron chi connectivity index (χ1n) is 8.63. The van der Waals surface area contributed by atoms with E-state index in [2.05, 4.69) is 33.7 Å². The molecule has 0 bridgehead atoms. The van der Waals surface area contributed by atoms with Crippen LogP contribution in [0.15, 0.2) is 47.6 Å². The standard InChI is InChI=1S/C19H21N5O/c1-13-8-14(2)12-24(11-13)19-22-9-15(16-10-20-5-6-21-16)18(23-19)17-4-3-7-25-17/h3-7,9-10,13-14H,8,11-12H2,1-2H3/t13-,14-/m0/s1. The molecule has 0 aromatic carbocycles. The molecule has 4 rings (SSSR count). The number of anilines is 1. The molecule has 1 aliphatic rings. The summed E-state index contributed by atoms with van der Waals surface area (Å²) in [5.74, 6) is 2.73. The molecule has 0 aliphatic carbocycles. The SMILES string of the molecule is C[C@H]1C[C@H](C)CN(c2ncc(-c3cnccn3)c(-c3ccco3)n2)C1. The zero-order chi connectivity index (χ0) is 17.2. The van der Waals surface area contributed by atoms with Crippen LogP contribution in [-0.2, 0) is 0 Å². The molecule has 128 valence electrons. The zero-order valence-corrected chi connectivity index (χ0v) is 14.5. The molecule has 0 N–H and O–H groups in total. The molecule has 0 amide bonds. The lowest BCUT2D eigenvalue weighted by Gasteiger charge is -2.35. The van der Waals surface area contributed by atoms with Crippen LogP contribution in [0.5, 0.6) is 0 Å². The zero-order valence-electron chi connectivity index (χ0n) is 14.5. The van der Waals surface area contributed by atoms with Crippen LogP contribution in [0.25, 0.3) is 22.7 Å². The van der Waals surface area contributed by atoms with Crippen molar-refractivity contribution < 1.29 is 4.42 Å². The lowest BCUT2D eigenvalue weighted by molar-refractivity contribution is 0.353. The number of aromatic nitrogens is 4. The third-order valence-electron chi connectivity index (χ3n) is 4.52. The first-order chi connectivity index (χ1) is 12.2. The van der Waals surface area contributed by atoms with Crippen LogP contribution >= 0.6 is 0 Å². The highest BCUT2D eigenvalue weighted by molar-refractivity contribution is 5.76.